The molecular formula is C19H25FN4O. The van der Waals surface area contributed by atoms with Gasteiger partial charge in [0.05, 0.1) is 0 Å². The van der Waals surface area contributed by atoms with Gasteiger partial charge in [-0.2, -0.15) is 5.10 Å². The molecule has 0 saturated carbocycles. The van der Waals surface area contributed by atoms with Crippen LogP contribution < -0.4 is 0 Å². The number of nitrogens with zero attached hydrogens (tertiary/aromatic N) is 3. The molecule has 0 spiro atoms. The number of H-pyrrole nitrogens is 1. The summed E-state index contributed by atoms with van der Waals surface area (Å²) in [4.78, 5) is 16.8. The van der Waals surface area contributed by atoms with E-state index in [1.165, 1.54) is 12.1 Å². The first-order chi connectivity index (χ1) is 11.9. The van der Waals surface area contributed by atoms with E-state index in [1.54, 1.807) is 0 Å². The lowest BCUT2D eigenvalue weighted by Crippen LogP contribution is -2.36. The maximum atomic E-state index is 13.2. The van der Waals surface area contributed by atoms with E-state index in [9.17, 15) is 9.18 Å². The number of carbonyl (C=O) groups is 1. The van der Waals surface area contributed by atoms with Crippen LogP contribution in [0.25, 0.3) is 0 Å². The van der Waals surface area contributed by atoms with Crippen molar-refractivity contribution in [3.05, 3.63) is 53.1 Å². The summed E-state index contributed by atoms with van der Waals surface area (Å²) in [6.07, 6.45) is 0. The molecule has 0 bridgehead atoms. The zero-order valence-electron chi connectivity index (χ0n) is 15.2. The standard InChI is InChI=1S/C19H25FN4O/c1-12(2)16-9-17(22-21-16)19(25)24-10-15(18(11-24)23(3)4)13-5-7-14(20)8-6-13/h5-9,12,15,18H,10-11H2,1-4H3,(H,21,22). The van der Waals surface area contributed by atoms with Crippen LogP contribution in [0.2, 0.25) is 0 Å². The van der Waals surface area contributed by atoms with E-state index in [4.69, 9.17) is 0 Å². The second-order valence-electron chi connectivity index (χ2n) is 7.26. The lowest BCUT2D eigenvalue weighted by molar-refractivity contribution is 0.0776. The molecule has 1 N–H and O–H groups in total. The number of carbonyl (C=O) groups excluding carboxylic acids is 1. The van der Waals surface area contributed by atoms with Crippen LogP contribution in [0.3, 0.4) is 0 Å². The smallest absolute Gasteiger partial charge is 0.274 e. The van der Waals surface area contributed by atoms with Gasteiger partial charge in [0.15, 0.2) is 0 Å². The Balaban J connectivity index is 1.81. The third-order valence-corrected chi connectivity index (χ3v) is 4.98. The van der Waals surface area contributed by atoms with Gasteiger partial charge in [0.1, 0.15) is 11.5 Å². The number of aromatic nitrogens is 2. The zero-order chi connectivity index (χ0) is 18.1. The van der Waals surface area contributed by atoms with Gasteiger partial charge >= 0.3 is 0 Å². The van der Waals surface area contributed by atoms with E-state index in [2.05, 4.69) is 28.9 Å². The summed E-state index contributed by atoms with van der Waals surface area (Å²) in [7, 11) is 4.03. The minimum Gasteiger partial charge on any atom is -0.335 e. The first kappa shape index (κ1) is 17.6. The van der Waals surface area contributed by atoms with Crippen molar-refractivity contribution in [3.63, 3.8) is 0 Å². The number of hydrogen-bond donors (Lipinski definition) is 1. The Bertz CT molecular complexity index is 738. The fourth-order valence-corrected chi connectivity index (χ4v) is 3.42. The molecule has 6 heteroatoms. The molecule has 1 fully saturated rings. The minimum absolute atomic E-state index is 0.0559. The fourth-order valence-electron chi connectivity index (χ4n) is 3.42. The Morgan fingerprint density at radius 1 is 1.28 bits per heavy atom. The predicted octanol–water partition coefficient (Wildman–Crippen LogP) is 2.84. The summed E-state index contributed by atoms with van der Waals surface area (Å²) < 4.78 is 13.2. The van der Waals surface area contributed by atoms with Crippen LogP contribution in [0.1, 0.15) is 47.4 Å². The van der Waals surface area contributed by atoms with Crippen molar-refractivity contribution >= 4 is 5.91 Å². The van der Waals surface area contributed by atoms with Crippen LogP contribution in [-0.2, 0) is 0 Å². The molecule has 5 nitrogen and oxygen atoms in total. The second-order valence-corrected chi connectivity index (χ2v) is 7.26. The summed E-state index contributed by atoms with van der Waals surface area (Å²) >= 11 is 0. The largest absolute Gasteiger partial charge is 0.335 e. The SMILES string of the molecule is CC(C)c1cc(C(=O)N2CC(c3ccc(F)cc3)C(N(C)C)C2)n[nH]1. The molecule has 2 aromatic rings. The molecule has 134 valence electrons. The van der Waals surface area contributed by atoms with Crippen LogP contribution >= 0.6 is 0 Å². The molecule has 2 heterocycles. The van der Waals surface area contributed by atoms with Crippen molar-refractivity contribution in [1.82, 2.24) is 20.0 Å². The number of rotatable bonds is 4. The van der Waals surface area contributed by atoms with E-state index in [-0.39, 0.29) is 23.7 Å². The van der Waals surface area contributed by atoms with E-state index >= 15 is 0 Å². The van der Waals surface area contributed by atoms with Crippen molar-refractivity contribution in [2.45, 2.75) is 31.7 Å². The molecular weight excluding hydrogens is 319 g/mol. The predicted molar refractivity (Wildman–Crippen MR) is 95.2 cm³/mol. The molecule has 0 radical (unpaired) electrons. The third-order valence-electron chi connectivity index (χ3n) is 4.98. The highest BCUT2D eigenvalue weighted by Crippen LogP contribution is 2.31. The topological polar surface area (TPSA) is 52.2 Å². The minimum atomic E-state index is -0.242. The van der Waals surface area contributed by atoms with Crippen LogP contribution in [0, 0.1) is 5.82 Å². The second kappa shape index (κ2) is 6.96. The Labute approximate surface area is 147 Å². The summed E-state index contributed by atoms with van der Waals surface area (Å²) in [5.74, 6) is 0.158. The highest BCUT2D eigenvalue weighted by molar-refractivity contribution is 5.92. The molecule has 1 aromatic heterocycles. The maximum Gasteiger partial charge on any atom is 0.274 e. The summed E-state index contributed by atoms with van der Waals surface area (Å²) in [6, 6.07) is 8.62. The molecule has 1 amide bonds. The van der Waals surface area contributed by atoms with Gasteiger partial charge in [-0.15, -0.1) is 0 Å². The van der Waals surface area contributed by atoms with Crippen LogP contribution in [0.15, 0.2) is 30.3 Å². The number of benzene rings is 1. The van der Waals surface area contributed by atoms with Crippen LogP contribution in [0.4, 0.5) is 4.39 Å². The van der Waals surface area contributed by atoms with Gasteiger partial charge in [0.2, 0.25) is 0 Å². The van der Waals surface area contributed by atoms with Gasteiger partial charge in [-0.1, -0.05) is 26.0 Å². The van der Waals surface area contributed by atoms with E-state index in [0.29, 0.717) is 24.7 Å². The number of likely N-dealkylation sites (N-methyl/N-ethyl adjacent to an activating group) is 1. The molecule has 1 aliphatic rings. The lowest BCUT2D eigenvalue weighted by Gasteiger charge is -2.25. The maximum absolute atomic E-state index is 13.2. The Morgan fingerprint density at radius 3 is 2.52 bits per heavy atom. The molecule has 0 aliphatic carbocycles. The number of amides is 1. The Kier molecular flexibility index (Phi) is 4.90. The first-order valence-electron chi connectivity index (χ1n) is 8.63. The molecule has 1 saturated heterocycles. The summed E-state index contributed by atoms with van der Waals surface area (Å²) in [5, 5.41) is 7.12. The quantitative estimate of drug-likeness (QED) is 0.928. The lowest BCUT2D eigenvalue weighted by atomic mass is 9.94. The van der Waals surface area contributed by atoms with Gasteiger partial charge < -0.3 is 9.80 Å². The number of likely N-dealkylation sites (tertiary alicyclic amines) is 1. The highest BCUT2D eigenvalue weighted by atomic mass is 19.1. The van der Waals surface area contributed by atoms with Crippen molar-refractivity contribution in [2.24, 2.45) is 0 Å². The Morgan fingerprint density at radius 2 is 1.96 bits per heavy atom. The van der Waals surface area contributed by atoms with Gasteiger partial charge in [0, 0.05) is 30.7 Å². The molecule has 25 heavy (non-hydrogen) atoms. The molecule has 1 aliphatic heterocycles. The zero-order valence-corrected chi connectivity index (χ0v) is 15.2. The highest BCUT2D eigenvalue weighted by Gasteiger charge is 2.38. The van der Waals surface area contributed by atoms with E-state index in [1.807, 2.05) is 37.2 Å². The normalized spacial score (nSPS) is 20.7. The first-order valence-corrected chi connectivity index (χ1v) is 8.63. The van der Waals surface area contributed by atoms with Gasteiger partial charge in [-0.3, -0.25) is 9.89 Å². The van der Waals surface area contributed by atoms with Crippen molar-refractivity contribution in [3.8, 4) is 0 Å². The Hall–Kier alpha value is -2.21. The molecule has 2 atom stereocenters. The monoisotopic (exact) mass is 344 g/mol. The van der Waals surface area contributed by atoms with Gasteiger partial charge in [0.25, 0.3) is 5.91 Å². The average molecular weight is 344 g/mol. The van der Waals surface area contributed by atoms with E-state index < -0.39 is 0 Å². The van der Waals surface area contributed by atoms with Crippen molar-refractivity contribution < 1.29 is 9.18 Å². The molecule has 2 unspecified atom stereocenters. The van der Waals surface area contributed by atoms with Gasteiger partial charge in [-0.25, -0.2) is 4.39 Å². The van der Waals surface area contributed by atoms with Crippen molar-refractivity contribution in [1.29, 1.82) is 0 Å². The number of nitrogens with one attached hydrogen (secondary N) is 1. The van der Waals surface area contributed by atoms with E-state index in [0.717, 1.165) is 11.3 Å². The number of aromatic amines is 1. The number of halogens is 1. The molecule has 3 rings (SSSR count). The summed E-state index contributed by atoms with van der Waals surface area (Å²) in [6.45, 7) is 5.36. The molecule has 1 aromatic carbocycles. The average Bonchev–Trinajstić information content (AvgIpc) is 3.22. The third kappa shape index (κ3) is 3.58. The summed E-state index contributed by atoms with van der Waals surface area (Å²) in [5.41, 5.74) is 2.48. The van der Waals surface area contributed by atoms with Crippen LogP contribution in [-0.4, -0.2) is 59.1 Å². The fraction of sp³-hybridized carbons (Fsp3) is 0.474. The van der Waals surface area contributed by atoms with Crippen LogP contribution in [0.5, 0.6) is 0 Å². The van der Waals surface area contributed by atoms with Gasteiger partial charge in [-0.05, 0) is 43.8 Å². The van der Waals surface area contributed by atoms with Crippen molar-refractivity contribution in [2.75, 3.05) is 27.2 Å². The number of hydrogen-bond acceptors (Lipinski definition) is 3.